The number of halogens is 2. The number of anilines is 1. The molecule has 0 aliphatic carbocycles. The van der Waals surface area contributed by atoms with Gasteiger partial charge in [0.15, 0.2) is 0 Å². The van der Waals surface area contributed by atoms with Gasteiger partial charge < -0.3 is 16.0 Å². The molecule has 0 amide bonds. The molecule has 8 nitrogen and oxygen atoms in total. The van der Waals surface area contributed by atoms with Crippen molar-refractivity contribution >= 4 is 29.0 Å². The van der Waals surface area contributed by atoms with Gasteiger partial charge in [-0.15, -0.1) is 0 Å². The molecule has 31 heavy (non-hydrogen) atoms. The van der Waals surface area contributed by atoms with Crippen LogP contribution >= 0.6 is 23.2 Å². The highest BCUT2D eigenvalue weighted by Gasteiger charge is 2.19. The van der Waals surface area contributed by atoms with Gasteiger partial charge >= 0.3 is 0 Å². The van der Waals surface area contributed by atoms with Crippen molar-refractivity contribution in [2.24, 2.45) is 5.73 Å². The minimum Gasteiger partial charge on any atom is -0.368 e. The molecule has 4 aromatic rings. The number of hydrogen-bond donors (Lipinski definition) is 3. The summed E-state index contributed by atoms with van der Waals surface area (Å²) in [5.41, 5.74) is 8.78. The molecule has 4 N–H and O–H groups in total. The van der Waals surface area contributed by atoms with E-state index >= 15 is 0 Å². The Morgan fingerprint density at radius 1 is 1.10 bits per heavy atom. The summed E-state index contributed by atoms with van der Waals surface area (Å²) in [6.07, 6.45) is 6.53. The normalized spacial score (nSPS) is 11.7. The molecule has 0 aliphatic heterocycles. The van der Waals surface area contributed by atoms with Gasteiger partial charge in [-0.2, -0.15) is 5.26 Å². The van der Waals surface area contributed by atoms with Crippen molar-refractivity contribution in [1.29, 1.82) is 5.26 Å². The molecule has 3 aromatic heterocycles. The van der Waals surface area contributed by atoms with Crippen molar-refractivity contribution in [2.45, 2.75) is 6.04 Å². The highest BCUT2D eigenvalue weighted by atomic mass is 35.5. The maximum absolute atomic E-state index is 8.87. The molecule has 4 rings (SSSR count). The fraction of sp³-hybridized carbons (Fsp3) is 0.0952. The van der Waals surface area contributed by atoms with Gasteiger partial charge in [0.2, 0.25) is 0 Å². The first-order valence-corrected chi connectivity index (χ1v) is 9.98. The maximum Gasteiger partial charge on any atom is 0.147 e. The van der Waals surface area contributed by atoms with Crippen LogP contribution in [-0.2, 0) is 0 Å². The molecule has 10 heteroatoms. The predicted octanol–water partition coefficient (Wildman–Crippen LogP) is 4.22. The Morgan fingerprint density at radius 3 is 2.65 bits per heavy atom. The largest absolute Gasteiger partial charge is 0.368 e. The first-order valence-electron chi connectivity index (χ1n) is 9.23. The van der Waals surface area contributed by atoms with Gasteiger partial charge in [-0.25, -0.2) is 19.9 Å². The zero-order valence-corrected chi connectivity index (χ0v) is 17.6. The van der Waals surface area contributed by atoms with E-state index in [-0.39, 0.29) is 0 Å². The number of nitrogens with two attached hydrogens (primary N) is 1. The van der Waals surface area contributed by atoms with E-state index in [1.54, 1.807) is 48.9 Å². The van der Waals surface area contributed by atoms with Gasteiger partial charge in [0.1, 0.15) is 23.5 Å². The zero-order chi connectivity index (χ0) is 21.8. The number of rotatable bonds is 6. The van der Waals surface area contributed by atoms with Crippen molar-refractivity contribution in [3.63, 3.8) is 0 Å². The zero-order valence-electron chi connectivity index (χ0n) is 16.0. The van der Waals surface area contributed by atoms with E-state index in [9.17, 15) is 0 Å². The Bertz CT molecular complexity index is 1230. The van der Waals surface area contributed by atoms with Crippen LogP contribution in [0.15, 0.2) is 55.1 Å². The summed E-state index contributed by atoms with van der Waals surface area (Å²) in [6, 6.07) is 10.1. The molecule has 1 unspecified atom stereocenters. The molecule has 0 aliphatic rings. The number of nitrogens with one attached hydrogen (secondary N) is 2. The topological polar surface area (TPSA) is 129 Å². The van der Waals surface area contributed by atoms with Crippen molar-refractivity contribution in [3.05, 3.63) is 76.6 Å². The minimum atomic E-state index is -0.520. The smallest absolute Gasteiger partial charge is 0.147 e. The number of aromatic nitrogens is 5. The summed E-state index contributed by atoms with van der Waals surface area (Å²) in [7, 11) is 0. The van der Waals surface area contributed by atoms with E-state index in [1.165, 1.54) is 6.20 Å². The summed E-state index contributed by atoms with van der Waals surface area (Å²) in [4.78, 5) is 20.7. The van der Waals surface area contributed by atoms with Gasteiger partial charge in [-0.05, 0) is 30.3 Å². The van der Waals surface area contributed by atoms with Crippen LogP contribution in [0.1, 0.15) is 17.4 Å². The van der Waals surface area contributed by atoms with E-state index in [1.807, 2.05) is 6.07 Å². The number of nitrogens with zero attached hydrogens (tertiary/aromatic N) is 5. The van der Waals surface area contributed by atoms with E-state index < -0.39 is 6.04 Å². The third kappa shape index (κ3) is 4.64. The van der Waals surface area contributed by atoms with Crippen LogP contribution in [0.5, 0.6) is 0 Å². The highest BCUT2D eigenvalue weighted by Crippen LogP contribution is 2.34. The van der Waals surface area contributed by atoms with E-state index in [0.29, 0.717) is 56.4 Å². The van der Waals surface area contributed by atoms with Gasteiger partial charge in [-0.1, -0.05) is 23.2 Å². The first kappa shape index (κ1) is 20.8. The molecule has 0 bridgehead atoms. The molecule has 0 spiro atoms. The third-order valence-corrected chi connectivity index (χ3v) is 5.02. The monoisotopic (exact) mass is 450 g/mol. The Balaban J connectivity index is 1.64. The molecule has 0 saturated heterocycles. The molecule has 3 heterocycles. The Labute approximate surface area is 188 Å². The number of benzene rings is 1. The van der Waals surface area contributed by atoms with Crippen LogP contribution in [-0.4, -0.2) is 31.5 Å². The van der Waals surface area contributed by atoms with E-state index in [2.05, 4.69) is 25.3 Å². The summed E-state index contributed by atoms with van der Waals surface area (Å²) in [5, 5.41) is 13.0. The Kier molecular flexibility index (Phi) is 6.09. The van der Waals surface area contributed by atoms with Crippen LogP contribution in [0, 0.1) is 11.3 Å². The molecule has 154 valence electrons. The second-order valence-electron chi connectivity index (χ2n) is 6.58. The second kappa shape index (κ2) is 9.10. The van der Waals surface area contributed by atoms with Crippen LogP contribution in [0.4, 0.5) is 5.82 Å². The number of imidazole rings is 1. The average molecular weight is 451 g/mol. The van der Waals surface area contributed by atoms with Crippen LogP contribution in [0.3, 0.4) is 0 Å². The lowest BCUT2D eigenvalue weighted by molar-refractivity contribution is 0.701. The van der Waals surface area contributed by atoms with Crippen molar-refractivity contribution < 1.29 is 0 Å². The first-order chi connectivity index (χ1) is 15.0. The SMILES string of the molecule is N#Cc1ccc(NCC(N)c2ncc(-c3ncc[nH]3)c(-c3ccc(Cl)cc3Cl)n2)nc1. The Hall–Kier alpha value is -3.51. The molecule has 1 atom stereocenters. The summed E-state index contributed by atoms with van der Waals surface area (Å²) in [6.45, 7) is 0.340. The number of H-pyrrole nitrogens is 1. The molecule has 0 saturated carbocycles. The van der Waals surface area contributed by atoms with Crippen LogP contribution < -0.4 is 11.1 Å². The maximum atomic E-state index is 8.87. The number of hydrogen-bond acceptors (Lipinski definition) is 7. The van der Waals surface area contributed by atoms with Gasteiger partial charge in [0, 0.05) is 41.9 Å². The fourth-order valence-electron chi connectivity index (χ4n) is 2.92. The number of aromatic amines is 1. The van der Waals surface area contributed by atoms with Gasteiger partial charge in [0.25, 0.3) is 0 Å². The predicted molar refractivity (Wildman–Crippen MR) is 119 cm³/mol. The lowest BCUT2D eigenvalue weighted by Gasteiger charge is -2.15. The van der Waals surface area contributed by atoms with Crippen molar-refractivity contribution in [2.75, 3.05) is 11.9 Å². The molecule has 0 fully saturated rings. The molecule has 1 aromatic carbocycles. The quantitative estimate of drug-likeness (QED) is 0.400. The molecular weight excluding hydrogens is 435 g/mol. The second-order valence-corrected chi connectivity index (χ2v) is 7.43. The highest BCUT2D eigenvalue weighted by molar-refractivity contribution is 6.36. The fourth-order valence-corrected chi connectivity index (χ4v) is 3.42. The summed E-state index contributed by atoms with van der Waals surface area (Å²) >= 11 is 12.5. The third-order valence-electron chi connectivity index (χ3n) is 4.47. The molecule has 0 radical (unpaired) electrons. The van der Waals surface area contributed by atoms with E-state index in [0.717, 1.165) is 0 Å². The lowest BCUT2D eigenvalue weighted by Crippen LogP contribution is -2.23. The van der Waals surface area contributed by atoms with Gasteiger partial charge in [-0.3, -0.25) is 0 Å². The van der Waals surface area contributed by atoms with Gasteiger partial charge in [0.05, 0.1) is 27.9 Å². The van der Waals surface area contributed by atoms with Crippen LogP contribution in [0.2, 0.25) is 10.0 Å². The summed E-state index contributed by atoms with van der Waals surface area (Å²) < 4.78 is 0. The average Bonchev–Trinajstić information content (AvgIpc) is 3.32. The van der Waals surface area contributed by atoms with Crippen LogP contribution in [0.25, 0.3) is 22.6 Å². The van der Waals surface area contributed by atoms with Crippen molar-refractivity contribution in [1.82, 2.24) is 24.9 Å². The molecular formula is C21H16Cl2N8. The summed E-state index contributed by atoms with van der Waals surface area (Å²) in [5.74, 6) is 1.64. The number of pyridine rings is 1. The standard InChI is InChI=1S/C21H16Cl2N8/c22-13-2-3-14(16(23)7-13)19-15(20-26-5-6-27-20)10-30-21(31-19)17(25)11-29-18-4-1-12(8-24)9-28-18/h1-7,9-10,17H,11,25H2,(H,26,27)(H,28,29). The van der Waals surface area contributed by atoms with Crippen molar-refractivity contribution in [3.8, 4) is 28.7 Å². The Morgan fingerprint density at radius 2 is 1.97 bits per heavy atom. The number of nitriles is 1. The lowest BCUT2D eigenvalue weighted by atomic mass is 10.1. The minimum absolute atomic E-state index is 0.340. The van der Waals surface area contributed by atoms with E-state index in [4.69, 9.17) is 39.2 Å².